The molecule has 5 aliphatic carbocycles. The molecule has 0 amide bonds. The summed E-state index contributed by atoms with van der Waals surface area (Å²) in [4.78, 5) is 11.8. The number of carbonyl (C=O) groups is 1. The number of aliphatic carboxylic acids is 1. The van der Waals surface area contributed by atoms with Gasteiger partial charge in [0, 0.05) is 0 Å². The lowest BCUT2D eigenvalue weighted by atomic mass is 9.39. The van der Waals surface area contributed by atoms with Crippen LogP contribution in [-0.2, 0) is 4.79 Å². The van der Waals surface area contributed by atoms with Gasteiger partial charge in [0.2, 0.25) is 0 Å². The molecule has 5 saturated carbocycles. The predicted octanol–water partition coefficient (Wildman–Crippen LogP) is 3.46. The lowest BCUT2D eigenvalue weighted by Gasteiger charge is -2.65. The van der Waals surface area contributed by atoms with Crippen LogP contribution in [0.5, 0.6) is 0 Å². The number of hydrogen-bond acceptors (Lipinski definition) is 1. The van der Waals surface area contributed by atoms with Crippen LogP contribution in [0.4, 0.5) is 0 Å². The zero-order valence-electron chi connectivity index (χ0n) is 10.5. The van der Waals surface area contributed by atoms with E-state index in [9.17, 15) is 9.90 Å². The van der Waals surface area contributed by atoms with Gasteiger partial charge in [-0.25, -0.2) is 0 Å². The predicted molar refractivity (Wildman–Crippen MR) is 64.5 cm³/mol. The third-order valence-electron chi connectivity index (χ3n) is 6.67. The Bertz CT molecular complexity index is 332. The van der Waals surface area contributed by atoms with Crippen LogP contribution >= 0.6 is 0 Å². The van der Waals surface area contributed by atoms with Gasteiger partial charge in [-0.05, 0) is 74.5 Å². The third-order valence-corrected chi connectivity index (χ3v) is 6.67. The van der Waals surface area contributed by atoms with E-state index in [1.807, 2.05) is 0 Å². The molecule has 5 fully saturated rings. The van der Waals surface area contributed by atoms with E-state index in [1.54, 1.807) is 0 Å². The second-order valence-electron chi connectivity index (χ2n) is 7.44. The molecule has 0 heterocycles. The van der Waals surface area contributed by atoms with Gasteiger partial charge >= 0.3 is 5.97 Å². The molecule has 5 rings (SSSR count). The van der Waals surface area contributed by atoms with Gasteiger partial charge in [-0.3, -0.25) is 4.79 Å². The Labute approximate surface area is 103 Å². The molecule has 0 aromatic heterocycles. The maximum absolute atomic E-state index is 11.8. The van der Waals surface area contributed by atoms with E-state index in [2.05, 4.69) is 0 Å². The standard InChI is InChI=1S/C15H22O2/c16-13(17)15(2-1-3-15)14-7-10-4-11(8-14)6-12(5-10)9-14/h10-12H,1-9H2,(H,16,17). The smallest absolute Gasteiger partial charge is 0.310 e. The Morgan fingerprint density at radius 1 is 0.941 bits per heavy atom. The number of carboxylic acids is 1. The molecule has 0 atom stereocenters. The van der Waals surface area contributed by atoms with Gasteiger partial charge in [0.25, 0.3) is 0 Å². The van der Waals surface area contributed by atoms with E-state index in [0.717, 1.165) is 37.0 Å². The van der Waals surface area contributed by atoms with Crippen molar-refractivity contribution in [3.63, 3.8) is 0 Å². The Kier molecular flexibility index (Phi) is 1.88. The Balaban J connectivity index is 1.74. The lowest BCUT2D eigenvalue weighted by molar-refractivity contribution is -0.195. The molecule has 17 heavy (non-hydrogen) atoms. The highest BCUT2D eigenvalue weighted by Crippen LogP contribution is 2.70. The zero-order valence-corrected chi connectivity index (χ0v) is 10.5. The quantitative estimate of drug-likeness (QED) is 0.794. The molecule has 0 saturated heterocycles. The van der Waals surface area contributed by atoms with E-state index in [1.165, 1.54) is 38.5 Å². The van der Waals surface area contributed by atoms with Crippen molar-refractivity contribution in [1.82, 2.24) is 0 Å². The van der Waals surface area contributed by atoms with Gasteiger partial charge in [0.15, 0.2) is 0 Å². The van der Waals surface area contributed by atoms with Crippen LogP contribution in [0, 0.1) is 28.6 Å². The van der Waals surface area contributed by atoms with Gasteiger partial charge in [0.05, 0.1) is 5.41 Å². The van der Waals surface area contributed by atoms with Crippen molar-refractivity contribution in [2.45, 2.75) is 57.8 Å². The first-order valence-corrected chi connectivity index (χ1v) is 7.37. The van der Waals surface area contributed by atoms with Crippen LogP contribution in [0.3, 0.4) is 0 Å². The topological polar surface area (TPSA) is 37.3 Å². The number of rotatable bonds is 2. The molecule has 94 valence electrons. The largest absolute Gasteiger partial charge is 0.481 e. The first-order chi connectivity index (χ1) is 8.14. The van der Waals surface area contributed by atoms with Crippen molar-refractivity contribution in [2.75, 3.05) is 0 Å². The molecule has 0 aromatic rings. The van der Waals surface area contributed by atoms with Gasteiger partial charge in [-0.1, -0.05) is 6.42 Å². The maximum atomic E-state index is 11.8. The fourth-order valence-electron chi connectivity index (χ4n) is 6.20. The van der Waals surface area contributed by atoms with Gasteiger partial charge < -0.3 is 5.11 Å². The summed E-state index contributed by atoms with van der Waals surface area (Å²) in [7, 11) is 0. The van der Waals surface area contributed by atoms with Crippen molar-refractivity contribution in [2.24, 2.45) is 28.6 Å². The summed E-state index contributed by atoms with van der Waals surface area (Å²) >= 11 is 0. The minimum absolute atomic E-state index is 0.214. The van der Waals surface area contributed by atoms with Crippen molar-refractivity contribution >= 4 is 5.97 Å². The van der Waals surface area contributed by atoms with Gasteiger partial charge in [-0.2, -0.15) is 0 Å². The SMILES string of the molecule is O=C(O)C1(C23CC4CC(CC(C4)C2)C3)CCC1. The van der Waals surface area contributed by atoms with Crippen molar-refractivity contribution in [3.05, 3.63) is 0 Å². The molecule has 0 aromatic carbocycles. The summed E-state index contributed by atoms with van der Waals surface area (Å²) in [6, 6.07) is 0. The number of carboxylic acid groups (broad SMARTS) is 1. The van der Waals surface area contributed by atoms with Crippen molar-refractivity contribution < 1.29 is 9.90 Å². The van der Waals surface area contributed by atoms with E-state index in [4.69, 9.17) is 0 Å². The molecule has 0 radical (unpaired) electrons. The molecule has 0 spiro atoms. The van der Waals surface area contributed by atoms with Crippen LogP contribution < -0.4 is 0 Å². The third kappa shape index (κ3) is 1.15. The highest BCUT2D eigenvalue weighted by Gasteiger charge is 2.65. The van der Waals surface area contributed by atoms with E-state index in [-0.39, 0.29) is 10.8 Å². The lowest BCUT2D eigenvalue weighted by Crippen LogP contribution is -2.60. The molecule has 2 heteroatoms. The maximum Gasteiger partial charge on any atom is 0.310 e. The molecule has 2 nitrogen and oxygen atoms in total. The minimum atomic E-state index is -0.467. The van der Waals surface area contributed by atoms with Gasteiger partial charge in [0.1, 0.15) is 0 Å². The summed E-state index contributed by atoms with van der Waals surface area (Å²) in [5, 5.41) is 9.74. The molecule has 0 aliphatic heterocycles. The molecular weight excluding hydrogens is 212 g/mol. The summed E-state index contributed by atoms with van der Waals surface area (Å²) in [5.74, 6) is 2.15. The number of hydrogen-bond donors (Lipinski definition) is 1. The highest BCUT2D eigenvalue weighted by molar-refractivity contribution is 5.77. The average molecular weight is 234 g/mol. The monoisotopic (exact) mass is 234 g/mol. The van der Waals surface area contributed by atoms with Crippen LogP contribution in [0.2, 0.25) is 0 Å². The highest BCUT2D eigenvalue weighted by atomic mass is 16.4. The van der Waals surface area contributed by atoms with E-state index in [0.29, 0.717) is 0 Å². The molecule has 5 aliphatic rings. The Hall–Kier alpha value is -0.530. The second kappa shape index (κ2) is 3.07. The first-order valence-electron chi connectivity index (χ1n) is 7.37. The van der Waals surface area contributed by atoms with Crippen molar-refractivity contribution in [3.8, 4) is 0 Å². The normalized spacial score (nSPS) is 50.0. The zero-order chi connectivity index (χ0) is 11.7. The van der Waals surface area contributed by atoms with Gasteiger partial charge in [-0.15, -0.1) is 0 Å². The Morgan fingerprint density at radius 3 is 1.71 bits per heavy atom. The summed E-state index contributed by atoms with van der Waals surface area (Å²) in [6.07, 6.45) is 11.0. The molecule has 0 unspecified atom stereocenters. The van der Waals surface area contributed by atoms with Crippen LogP contribution in [0.15, 0.2) is 0 Å². The summed E-state index contributed by atoms with van der Waals surface area (Å²) in [6.45, 7) is 0. The Morgan fingerprint density at radius 2 is 1.41 bits per heavy atom. The van der Waals surface area contributed by atoms with Crippen molar-refractivity contribution in [1.29, 1.82) is 0 Å². The van der Waals surface area contributed by atoms with E-state index < -0.39 is 5.97 Å². The molecular formula is C15H22O2. The fraction of sp³-hybridized carbons (Fsp3) is 0.933. The molecule has 1 N–H and O–H groups in total. The fourth-order valence-corrected chi connectivity index (χ4v) is 6.20. The average Bonchev–Trinajstić information content (AvgIpc) is 2.10. The van der Waals surface area contributed by atoms with Crippen LogP contribution in [0.25, 0.3) is 0 Å². The second-order valence-corrected chi connectivity index (χ2v) is 7.44. The van der Waals surface area contributed by atoms with Crippen LogP contribution in [0.1, 0.15) is 57.8 Å². The molecule has 4 bridgehead atoms. The van der Waals surface area contributed by atoms with Crippen LogP contribution in [-0.4, -0.2) is 11.1 Å². The minimum Gasteiger partial charge on any atom is -0.481 e. The van der Waals surface area contributed by atoms with E-state index >= 15 is 0 Å². The first kappa shape index (κ1) is 10.4. The summed E-state index contributed by atoms with van der Waals surface area (Å²) < 4.78 is 0. The summed E-state index contributed by atoms with van der Waals surface area (Å²) in [5.41, 5.74) is -0.0884.